The van der Waals surface area contributed by atoms with Gasteiger partial charge in [0.1, 0.15) is 0 Å². The molecule has 2 N–H and O–H groups in total. The van der Waals surface area contributed by atoms with Crippen LogP contribution >= 0.6 is 0 Å². The first-order chi connectivity index (χ1) is 13.9. The van der Waals surface area contributed by atoms with E-state index in [0.29, 0.717) is 5.56 Å². The molecule has 0 saturated heterocycles. The molecule has 1 fully saturated rings. The molecule has 0 aliphatic heterocycles. The van der Waals surface area contributed by atoms with Gasteiger partial charge in [0, 0.05) is 12.1 Å². The summed E-state index contributed by atoms with van der Waals surface area (Å²) in [5.74, 6) is -1.65. The number of alkyl halides is 2. The summed E-state index contributed by atoms with van der Waals surface area (Å²) in [7, 11) is 1.29. The number of hydrogen-bond acceptors (Lipinski definition) is 6. The van der Waals surface area contributed by atoms with Crippen LogP contribution in [0.4, 0.5) is 13.6 Å². The molecule has 1 aromatic rings. The number of carbonyl (C=O) groups excluding carboxylic acids is 3. The number of esters is 1. The Kier molecular flexibility index (Phi) is 8.38. The van der Waals surface area contributed by atoms with Gasteiger partial charge >= 0.3 is 18.6 Å². The van der Waals surface area contributed by atoms with Crippen LogP contribution in [0.5, 0.6) is 11.5 Å². The molecule has 3 amide bonds. The summed E-state index contributed by atoms with van der Waals surface area (Å²) >= 11 is 0. The number of benzene rings is 1. The number of methoxy groups -OCH3 is 1. The first-order valence-corrected chi connectivity index (χ1v) is 8.95. The van der Waals surface area contributed by atoms with Gasteiger partial charge in [-0.05, 0) is 36.6 Å². The lowest BCUT2D eigenvalue weighted by molar-refractivity contribution is -0.143. The molecule has 10 heteroatoms. The molecule has 1 aliphatic rings. The highest BCUT2D eigenvalue weighted by Gasteiger charge is 2.18. The van der Waals surface area contributed by atoms with E-state index in [9.17, 15) is 23.2 Å². The van der Waals surface area contributed by atoms with Crippen molar-refractivity contribution in [3.8, 4) is 11.5 Å². The normalized spacial score (nSPS) is 14.1. The van der Waals surface area contributed by atoms with Gasteiger partial charge in [0.25, 0.3) is 5.91 Å². The van der Waals surface area contributed by atoms with E-state index >= 15 is 0 Å². The van der Waals surface area contributed by atoms with Crippen molar-refractivity contribution in [2.24, 2.45) is 0 Å². The zero-order valence-corrected chi connectivity index (χ0v) is 15.8. The SMILES string of the molecule is COc1cc(C=CC(=O)OCC(=O)NC(=O)NC2CCCC2)ccc1OC(F)F. The van der Waals surface area contributed by atoms with Crippen LogP contribution in [-0.4, -0.2) is 44.3 Å². The number of halogens is 2. The molecule has 1 aliphatic carbocycles. The van der Waals surface area contributed by atoms with Gasteiger partial charge in [0.2, 0.25) is 0 Å². The Morgan fingerprint density at radius 1 is 1.21 bits per heavy atom. The van der Waals surface area contributed by atoms with Crippen molar-refractivity contribution in [1.29, 1.82) is 0 Å². The fraction of sp³-hybridized carbons (Fsp3) is 0.421. The van der Waals surface area contributed by atoms with Crippen LogP contribution in [0.15, 0.2) is 24.3 Å². The summed E-state index contributed by atoms with van der Waals surface area (Å²) in [6.07, 6.45) is 6.23. The number of urea groups is 1. The van der Waals surface area contributed by atoms with Crippen LogP contribution in [0.2, 0.25) is 0 Å². The molecule has 158 valence electrons. The lowest BCUT2D eigenvalue weighted by atomic mass is 10.2. The molecule has 0 atom stereocenters. The Morgan fingerprint density at radius 2 is 1.93 bits per heavy atom. The number of hydrogen-bond donors (Lipinski definition) is 2. The summed E-state index contributed by atoms with van der Waals surface area (Å²) in [5.41, 5.74) is 0.459. The smallest absolute Gasteiger partial charge is 0.387 e. The van der Waals surface area contributed by atoms with Gasteiger partial charge in [0.15, 0.2) is 18.1 Å². The summed E-state index contributed by atoms with van der Waals surface area (Å²) in [5, 5.41) is 4.77. The maximum absolute atomic E-state index is 12.3. The minimum atomic E-state index is -2.99. The monoisotopic (exact) mass is 412 g/mol. The van der Waals surface area contributed by atoms with Crippen LogP contribution in [-0.2, 0) is 14.3 Å². The van der Waals surface area contributed by atoms with Gasteiger partial charge in [0.05, 0.1) is 7.11 Å². The fourth-order valence-corrected chi connectivity index (χ4v) is 2.78. The molecule has 1 saturated carbocycles. The van der Waals surface area contributed by atoms with E-state index in [2.05, 4.69) is 15.4 Å². The molecular formula is C19H22F2N2O6. The number of carbonyl (C=O) groups is 3. The van der Waals surface area contributed by atoms with Gasteiger partial charge in [-0.1, -0.05) is 18.9 Å². The highest BCUT2D eigenvalue weighted by atomic mass is 19.3. The van der Waals surface area contributed by atoms with Crippen LogP contribution in [0.3, 0.4) is 0 Å². The largest absolute Gasteiger partial charge is 0.493 e. The second-order valence-corrected chi connectivity index (χ2v) is 6.23. The van der Waals surface area contributed by atoms with Crippen LogP contribution < -0.4 is 20.1 Å². The molecule has 0 heterocycles. The van der Waals surface area contributed by atoms with Crippen molar-refractivity contribution >= 4 is 24.0 Å². The molecular weight excluding hydrogens is 390 g/mol. The Hall–Kier alpha value is -3.17. The van der Waals surface area contributed by atoms with E-state index in [4.69, 9.17) is 9.47 Å². The Morgan fingerprint density at radius 3 is 2.59 bits per heavy atom. The predicted octanol–water partition coefficient (Wildman–Crippen LogP) is 2.62. The van der Waals surface area contributed by atoms with Crippen molar-refractivity contribution in [2.75, 3.05) is 13.7 Å². The highest BCUT2D eigenvalue weighted by Crippen LogP contribution is 2.29. The predicted molar refractivity (Wildman–Crippen MR) is 98.5 cm³/mol. The molecule has 2 rings (SSSR count). The molecule has 8 nitrogen and oxygen atoms in total. The summed E-state index contributed by atoms with van der Waals surface area (Å²) < 4.78 is 38.6. The van der Waals surface area contributed by atoms with Gasteiger partial charge in [-0.3, -0.25) is 10.1 Å². The topological polar surface area (TPSA) is 103 Å². The average molecular weight is 412 g/mol. The Bertz CT molecular complexity index is 763. The Balaban J connectivity index is 1.78. The van der Waals surface area contributed by atoms with Crippen molar-refractivity contribution < 1.29 is 37.4 Å². The van der Waals surface area contributed by atoms with Crippen LogP contribution in [0, 0.1) is 0 Å². The van der Waals surface area contributed by atoms with Gasteiger partial charge in [-0.25, -0.2) is 9.59 Å². The molecule has 0 unspecified atom stereocenters. The average Bonchev–Trinajstić information content (AvgIpc) is 3.17. The number of ether oxygens (including phenoxy) is 3. The van der Waals surface area contributed by atoms with E-state index in [0.717, 1.165) is 31.8 Å². The first-order valence-electron chi connectivity index (χ1n) is 8.95. The standard InChI is InChI=1S/C19H22F2N2O6/c1-27-15-10-12(6-8-14(15)29-18(20)21)7-9-17(25)28-11-16(24)23-19(26)22-13-4-2-3-5-13/h6-10,13,18H,2-5,11H2,1H3,(H2,22,23,24,26). The van der Waals surface area contributed by atoms with Crippen LogP contribution in [0.1, 0.15) is 31.2 Å². The lowest BCUT2D eigenvalue weighted by Crippen LogP contribution is -2.44. The van der Waals surface area contributed by atoms with E-state index in [1.54, 1.807) is 0 Å². The fourth-order valence-electron chi connectivity index (χ4n) is 2.78. The number of amides is 3. The summed E-state index contributed by atoms with van der Waals surface area (Å²) in [6.45, 7) is -3.61. The molecule has 0 bridgehead atoms. The number of imide groups is 1. The Labute approximate surface area is 166 Å². The third kappa shape index (κ3) is 7.76. The van der Waals surface area contributed by atoms with Gasteiger partial charge in [-0.2, -0.15) is 8.78 Å². The first kappa shape index (κ1) is 22.1. The molecule has 29 heavy (non-hydrogen) atoms. The maximum atomic E-state index is 12.3. The molecule has 0 spiro atoms. The molecule has 1 aromatic carbocycles. The van der Waals surface area contributed by atoms with E-state index in [1.165, 1.54) is 31.4 Å². The minimum absolute atomic E-state index is 0.0581. The van der Waals surface area contributed by atoms with Crippen molar-refractivity contribution in [2.45, 2.75) is 38.3 Å². The third-order valence-corrected chi connectivity index (χ3v) is 4.10. The van der Waals surface area contributed by atoms with Crippen molar-refractivity contribution in [3.05, 3.63) is 29.8 Å². The number of rotatable bonds is 8. The van der Waals surface area contributed by atoms with E-state index < -0.39 is 31.1 Å². The quantitative estimate of drug-likeness (QED) is 0.503. The molecule has 0 aromatic heterocycles. The van der Waals surface area contributed by atoms with Crippen LogP contribution in [0.25, 0.3) is 6.08 Å². The second-order valence-electron chi connectivity index (χ2n) is 6.23. The second kappa shape index (κ2) is 11.0. The highest BCUT2D eigenvalue weighted by molar-refractivity contribution is 5.96. The van der Waals surface area contributed by atoms with Crippen molar-refractivity contribution in [3.63, 3.8) is 0 Å². The van der Waals surface area contributed by atoms with E-state index in [-0.39, 0.29) is 17.5 Å². The van der Waals surface area contributed by atoms with Gasteiger partial charge < -0.3 is 19.5 Å². The summed E-state index contributed by atoms with van der Waals surface area (Å²) in [6, 6.07) is 3.53. The number of nitrogens with one attached hydrogen (secondary N) is 2. The summed E-state index contributed by atoms with van der Waals surface area (Å²) in [4.78, 5) is 35.0. The lowest BCUT2D eigenvalue weighted by Gasteiger charge is -2.12. The zero-order chi connectivity index (χ0) is 21.2. The zero-order valence-electron chi connectivity index (χ0n) is 15.8. The third-order valence-electron chi connectivity index (χ3n) is 4.10. The van der Waals surface area contributed by atoms with E-state index in [1.807, 2.05) is 0 Å². The minimum Gasteiger partial charge on any atom is -0.493 e. The van der Waals surface area contributed by atoms with Gasteiger partial charge in [-0.15, -0.1) is 0 Å². The van der Waals surface area contributed by atoms with Crippen molar-refractivity contribution in [1.82, 2.24) is 10.6 Å². The maximum Gasteiger partial charge on any atom is 0.387 e. The molecule has 0 radical (unpaired) electrons.